The molecule has 2 heterocycles. The molecule has 0 fully saturated rings. The number of hydrogen-bond acceptors (Lipinski definition) is 3. The van der Waals surface area contributed by atoms with Crippen molar-refractivity contribution in [3.63, 3.8) is 0 Å². The number of anilines is 3. The summed E-state index contributed by atoms with van der Waals surface area (Å²) in [6, 6.07) is 48.5. The van der Waals surface area contributed by atoms with Crippen LogP contribution in [0.25, 0.3) is 66.0 Å². The largest absolute Gasteiger partial charge is 0.279 e. The minimum absolute atomic E-state index is 0.320. The number of aryl methyl sites for hydroxylation is 1. The lowest BCUT2D eigenvalue weighted by molar-refractivity contribution is 0.626. The van der Waals surface area contributed by atoms with Gasteiger partial charge in [0.05, 0.1) is 22.8 Å². The standard InChI is InChI=1S/C53H39F2N3/c1-30-14-23-37-38(24-30)35-10-6-7-11-36(35)39-25-41-42-27-46-50(28-45(42)53(4,5)44(41)26-40(37)39)58(49-13-9-8-12-43(49)52(46,2)3)51-56-47(31-15-19-33(54)20-16-31)29-48(57-51)32-17-21-34(55)22-18-32/h6-29H,1-5H3. The fourth-order valence-corrected chi connectivity index (χ4v) is 9.77. The predicted molar refractivity (Wildman–Crippen MR) is 234 cm³/mol. The van der Waals surface area contributed by atoms with Crippen molar-refractivity contribution >= 4 is 49.6 Å². The highest BCUT2D eigenvalue weighted by Gasteiger charge is 2.43. The Bertz CT molecular complexity index is 3140. The molecule has 9 aromatic rings. The average Bonchev–Trinajstić information content (AvgIpc) is 3.44. The Hall–Kier alpha value is -6.72. The Morgan fingerprint density at radius 1 is 0.431 bits per heavy atom. The Morgan fingerprint density at radius 2 is 0.948 bits per heavy atom. The van der Waals surface area contributed by atoms with Gasteiger partial charge >= 0.3 is 0 Å². The summed E-state index contributed by atoms with van der Waals surface area (Å²) in [5.41, 5.74) is 12.8. The van der Waals surface area contributed by atoms with Gasteiger partial charge in [0.2, 0.25) is 5.95 Å². The van der Waals surface area contributed by atoms with Crippen LogP contribution < -0.4 is 4.90 Å². The van der Waals surface area contributed by atoms with Crippen molar-refractivity contribution in [1.29, 1.82) is 0 Å². The van der Waals surface area contributed by atoms with Crippen molar-refractivity contribution < 1.29 is 8.78 Å². The highest BCUT2D eigenvalue weighted by Crippen LogP contribution is 2.58. The molecule has 0 saturated heterocycles. The zero-order chi connectivity index (χ0) is 39.7. The first-order valence-electron chi connectivity index (χ1n) is 19.9. The van der Waals surface area contributed by atoms with Crippen LogP contribution in [0.2, 0.25) is 0 Å². The maximum absolute atomic E-state index is 14.2. The van der Waals surface area contributed by atoms with Gasteiger partial charge in [0, 0.05) is 22.0 Å². The number of aromatic nitrogens is 2. The van der Waals surface area contributed by atoms with Crippen LogP contribution in [0.1, 0.15) is 55.5 Å². The lowest BCUT2D eigenvalue weighted by Crippen LogP contribution is -2.32. The molecule has 0 saturated carbocycles. The third-order valence-electron chi connectivity index (χ3n) is 12.8. The molecule has 8 aromatic carbocycles. The minimum Gasteiger partial charge on any atom is -0.279 e. The molecule has 5 heteroatoms. The Labute approximate surface area is 336 Å². The van der Waals surface area contributed by atoms with Crippen molar-refractivity contribution in [3.8, 4) is 33.6 Å². The summed E-state index contributed by atoms with van der Waals surface area (Å²) < 4.78 is 28.4. The topological polar surface area (TPSA) is 29.0 Å². The van der Waals surface area contributed by atoms with Gasteiger partial charge in [0.1, 0.15) is 11.6 Å². The number of nitrogens with zero attached hydrogens (tertiary/aromatic N) is 3. The SMILES string of the molecule is Cc1ccc2c(c1)c1ccccc1c1cc3c(cc21)C(C)(C)c1cc2c(cc1-3)C(C)(C)c1ccccc1N2c1nc(-c2ccc(F)cc2)cc(-c2ccc(F)cc2)n1. The molecule has 0 amide bonds. The third kappa shape index (κ3) is 4.95. The van der Waals surface area contributed by atoms with E-state index < -0.39 is 0 Å². The van der Waals surface area contributed by atoms with Crippen LogP contribution in [0, 0.1) is 18.6 Å². The molecule has 0 unspecified atom stereocenters. The first-order valence-corrected chi connectivity index (χ1v) is 19.9. The van der Waals surface area contributed by atoms with E-state index >= 15 is 0 Å². The van der Waals surface area contributed by atoms with Gasteiger partial charge in [-0.25, -0.2) is 18.7 Å². The van der Waals surface area contributed by atoms with Crippen molar-refractivity contribution in [3.05, 3.63) is 185 Å². The predicted octanol–water partition coefficient (Wildman–Crippen LogP) is 14.3. The normalized spacial score (nSPS) is 14.7. The number of fused-ring (bicyclic) bond motifs is 11. The first kappa shape index (κ1) is 34.5. The zero-order valence-corrected chi connectivity index (χ0v) is 33.0. The van der Waals surface area contributed by atoms with E-state index in [1.807, 2.05) is 6.07 Å². The van der Waals surface area contributed by atoms with E-state index in [4.69, 9.17) is 9.97 Å². The van der Waals surface area contributed by atoms with Gasteiger partial charge in [0.25, 0.3) is 0 Å². The molecule has 0 atom stereocenters. The fraction of sp³-hybridized carbons (Fsp3) is 0.132. The molecule has 3 nitrogen and oxygen atoms in total. The summed E-state index contributed by atoms with van der Waals surface area (Å²) in [5, 5.41) is 7.62. The fourth-order valence-electron chi connectivity index (χ4n) is 9.77. The van der Waals surface area contributed by atoms with Crippen LogP contribution in [0.5, 0.6) is 0 Å². The number of para-hydroxylation sites is 1. The molecule has 0 spiro atoms. The molecular formula is C53H39F2N3. The van der Waals surface area contributed by atoms with Gasteiger partial charge in [-0.05, 0) is 158 Å². The molecule has 2 aliphatic rings. The van der Waals surface area contributed by atoms with E-state index in [1.54, 1.807) is 24.3 Å². The van der Waals surface area contributed by atoms with E-state index in [2.05, 4.69) is 131 Å². The molecule has 0 N–H and O–H groups in total. The molecular weight excluding hydrogens is 717 g/mol. The van der Waals surface area contributed by atoms with E-state index in [-0.39, 0.29) is 22.5 Å². The summed E-state index contributed by atoms with van der Waals surface area (Å²) in [6.45, 7) is 11.5. The number of hydrogen-bond donors (Lipinski definition) is 0. The van der Waals surface area contributed by atoms with Crippen LogP contribution in [0.15, 0.2) is 146 Å². The van der Waals surface area contributed by atoms with Crippen LogP contribution in [0.4, 0.5) is 26.1 Å². The van der Waals surface area contributed by atoms with Crippen molar-refractivity contribution in [1.82, 2.24) is 9.97 Å². The molecule has 1 aliphatic heterocycles. The molecule has 0 bridgehead atoms. The van der Waals surface area contributed by atoms with Crippen molar-refractivity contribution in [2.24, 2.45) is 0 Å². The minimum atomic E-state index is -0.365. The summed E-state index contributed by atoms with van der Waals surface area (Å²) in [5.74, 6) is -0.155. The molecule has 0 radical (unpaired) electrons. The van der Waals surface area contributed by atoms with Gasteiger partial charge in [-0.3, -0.25) is 4.90 Å². The Morgan fingerprint density at radius 3 is 1.60 bits per heavy atom. The van der Waals surface area contributed by atoms with E-state index in [9.17, 15) is 8.78 Å². The first-order chi connectivity index (χ1) is 28.0. The second-order valence-electron chi connectivity index (χ2n) is 17.0. The van der Waals surface area contributed by atoms with Gasteiger partial charge in [-0.15, -0.1) is 0 Å². The maximum atomic E-state index is 14.2. The van der Waals surface area contributed by atoms with E-state index in [1.165, 1.54) is 90.0 Å². The highest BCUT2D eigenvalue weighted by atomic mass is 19.1. The smallest absolute Gasteiger partial charge is 0.235 e. The summed E-state index contributed by atoms with van der Waals surface area (Å²) in [7, 11) is 0. The molecule has 280 valence electrons. The van der Waals surface area contributed by atoms with Gasteiger partial charge in [-0.2, -0.15) is 0 Å². The Balaban J connectivity index is 1.18. The Kier molecular flexibility index (Phi) is 7.23. The third-order valence-corrected chi connectivity index (χ3v) is 12.8. The van der Waals surface area contributed by atoms with E-state index in [0.29, 0.717) is 17.3 Å². The number of halogens is 2. The number of benzene rings is 8. The van der Waals surface area contributed by atoms with E-state index in [0.717, 1.165) is 28.1 Å². The second-order valence-corrected chi connectivity index (χ2v) is 17.0. The summed E-state index contributed by atoms with van der Waals surface area (Å²) in [6.07, 6.45) is 0. The molecule has 1 aliphatic carbocycles. The zero-order valence-electron chi connectivity index (χ0n) is 33.0. The van der Waals surface area contributed by atoms with Gasteiger partial charge < -0.3 is 0 Å². The van der Waals surface area contributed by atoms with Crippen LogP contribution >= 0.6 is 0 Å². The van der Waals surface area contributed by atoms with Crippen molar-refractivity contribution in [2.75, 3.05) is 4.90 Å². The van der Waals surface area contributed by atoms with Crippen molar-refractivity contribution in [2.45, 2.75) is 45.4 Å². The average molecular weight is 756 g/mol. The quantitative estimate of drug-likeness (QED) is 0.168. The van der Waals surface area contributed by atoms with Gasteiger partial charge in [0.15, 0.2) is 0 Å². The molecule has 1 aromatic heterocycles. The maximum Gasteiger partial charge on any atom is 0.235 e. The lowest BCUT2D eigenvalue weighted by Gasteiger charge is -2.42. The summed E-state index contributed by atoms with van der Waals surface area (Å²) >= 11 is 0. The molecule has 11 rings (SSSR count). The van der Waals surface area contributed by atoms with Crippen LogP contribution in [0.3, 0.4) is 0 Å². The van der Waals surface area contributed by atoms with Crippen LogP contribution in [-0.4, -0.2) is 9.97 Å². The second kappa shape index (κ2) is 12.1. The summed E-state index contributed by atoms with van der Waals surface area (Å²) in [4.78, 5) is 12.7. The molecule has 58 heavy (non-hydrogen) atoms. The van der Waals surface area contributed by atoms with Gasteiger partial charge in [-0.1, -0.05) is 93.9 Å². The van der Waals surface area contributed by atoms with Crippen LogP contribution in [-0.2, 0) is 10.8 Å². The lowest BCUT2D eigenvalue weighted by atomic mass is 9.72. The number of rotatable bonds is 3. The highest BCUT2D eigenvalue weighted by molar-refractivity contribution is 6.26. The monoisotopic (exact) mass is 755 g/mol.